The summed E-state index contributed by atoms with van der Waals surface area (Å²) in [5.74, 6) is 0.672. The van der Waals surface area contributed by atoms with Crippen molar-refractivity contribution in [1.29, 1.82) is 0 Å². The molecule has 1 unspecified atom stereocenters. The Morgan fingerprint density at radius 2 is 2.04 bits per heavy atom. The van der Waals surface area contributed by atoms with Crippen molar-refractivity contribution in [1.82, 2.24) is 25.6 Å². The van der Waals surface area contributed by atoms with Gasteiger partial charge in [0.05, 0.1) is 24.9 Å². The van der Waals surface area contributed by atoms with E-state index in [9.17, 15) is 4.79 Å². The molecule has 1 amide bonds. The van der Waals surface area contributed by atoms with Crippen molar-refractivity contribution >= 4 is 18.3 Å². The first-order valence-electron chi connectivity index (χ1n) is 8.96. The molecule has 4 rings (SSSR count). The lowest BCUT2D eigenvalue weighted by Gasteiger charge is -2.22. The number of benzene rings is 1. The number of carbonyl (C=O) groups excluding carboxylic acids is 1. The zero-order chi connectivity index (χ0) is 17.1. The number of para-hydroxylation sites is 1. The number of nitrogens with zero attached hydrogens (tertiary/aromatic N) is 3. The summed E-state index contributed by atoms with van der Waals surface area (Å²) < 4.78 is 7.59. The zero-order valence-electron chi connectivity index (χ0n) is 14.6. The summed E-state index contributed by atoms with van der Waals surface area (Å²) in [6, 6.07) is 8.15. The minimum absolute atomic E-state index is 0. The van der Waals surface area contributed by atoms with E-state index in [2.05, 4.69) is 20.9 Å². The Hall–Kier alpha value is -2.12. The molecule has 7 nitrogen and oxygen atoms in total. The zero-order valence-corrected chi connectivity index (χ0v) is 15.4. The highest BCUT2D eigenvalue weighted by Crippen LogP contribution is 2.31. The highest BCUT2D eigenvalue weighted by atomic mass is 35.5. The third kappa shape index (κ3) is 3.99. The smallest absolute Gasteiger partial charge is 0.273 e. The Labute approximate surface area is 158 Å². The lowest BCUT2D eigenvalue weighted by molar-refractivity contribution is 0.0929. The van der Waals surface area contributed by atoms with Crippen LogP contribution < -0.4 is 15.4 Å². The van der Waals surface area contributed by atoms with Crippen LogP contribution in [-0.2, 0) is 0 Å². The maximum Gasteiger partial charge on any atom is 0.273 e. The fourth-order valence-corrected chi connectivity index (χ4v) is 3.54. The maximum absolute atomic E-state index is 12.7. The highest BCUT2D eigenvalue weighted by Gasteiger charge is 2.24. The van der Waals surface area contributed by atoms with E-state index >= 15 is 0 Å². The molecule has 1 saturated heterocycles. The quantitative estimate of drug-likeness (QED) is 0.857. The normalized spacial score (nSPS) is 20.2. The topological polar surface area (TPSA) is 81.1 Å². The Kier molecular flexibility index (Phi) is 6.11. The number of hydrogen-bond donors (Lipinski definition) is 2. The number of piperidine rings is 1. The van der Waals surface area contributed by atoms with Crippen molar-refractivity contribution in [3.8, 4) is 5.75 Å². The van der Waals surface area contributed by atoms with Gasteiger partial charge in [-0.3, -0.25) is 4.79 Å². The number of fused-ring (bicyclic) bond motifs is 1. The predicted molar refractivity (Wildman–Crippen MR) is 99.8 cm³/mol. The average molecular weight is 378 g/mol. The fraction of sp³-hybridized carbons (Fsp3) is 0.500. The summed E-state index contributed by atoms with van der Waals surface area (Å²) in [5.41, 5.74) is 1.40. The van der Waals surface area contributed by atoms with Gasteiger partial charge in [0.1, 0.15) is 5.75 Å². The third-order valence-corrected chi connectivity index (χ3v) is 4.92. The molecule has 1 fully saturated rings. The second-order valence-corrected chi connectivity index (χ2v) is 6.62. The summed E-state index contributed by atoms with van der Waals surface area (Å²) in [6.45, 7) is 2.63. The highest BCUT2D eigenvalue weighted by molar-refractivity contribution is 5.92. The van der Waals surface area contributed by atoms with E-state index in [1.807, 2.05) is 28.9 Å². The van der Waals surface area contributed by atoms with E-state index in [-0.39, 0.29) is 24.4 Å². The molecule has 140 valence electrons. The summed E-state index contributed by atoms with van der Waals surface area (Å²) in [7, 11) is 0. The molecule has 26 heavy (non-hydrogen) atoms. The van der Waals surface area contributed by atoms with Gasteiger partial charge in [0.2, 0.25) is 0 Å². The van der Waals surface area contributed by atoms with Crippen LogP contribution in [0.2, 0.25) is 0 Å². The number of nitrogens with one attached hydrogen (secondary N) is 2. The van der Waals surface area contributed by atoms with Gasteiger partial charge in [0, 0.05) is 5.56 Å². The summed E-state index contributed by atoms with van der Waals surface area (Å²) >= 11 is 0. The number of halogens is 1. The molecule has 2 N–H and O–H groups in total. The molecule has 2 aliphatic rings. The van der Waals surface area contributed by atoms with Gasteiger partial charge in [-0.2, -0.15) is 0 Å². The van der Waals surface area contributed by atoms with E-state index in [1.165, 1.54) is 0 Å². The summed E-state index contributed by atoms with van der Waals surface area (Å²) in [4.78, 5) is 12.7. The van der Waals surface area contributed by atoms with Crippen LogP contribution in [0.1, 0.15) is 53.8 Å². The number of carbonyl (C=O) groups is 1. The van der Waals surface area contributed by atoms with E-state index < -0.39 is 0 Å². The molecular formula is C18H24ClN5O2. The van der Waals surface area contributed by atoms with Crippen LogP contribution in [0.3, 0.4) is 0 Å². The number of amides is 1. The second-order valence-electron chi connectivity index (χ2n) is 6.62. The first-order valence-corrected chi connectivity index (χ1v) is 8.96. The van der Waals surface area contributed by atoms with Crippen molar-refractivity contribution in [2.24, 2.45) is 0 Å². The van der Waals surface area contributed by atoms with Gasteiger partial charge in [-0.05, 0) is 44.8 Å². The fourth-order valence-electron chi connectivity index (χ4n) is 3.54. The molecule has 1 aromatic carbocycles. The van der Waals surface area contributed by atoms with Crippen molar-refractivity contribution in [3.63, 3.8) is 0 Å². The number of ether oxygens (including phenoxy) is 1. The Morgan fingerprint density at radius 1 is 1.23 bits per heavy atom. The number of rotatable bonds is 3. The minimum atomic E-state index is -0.179. The van der Waals surface area contributed by atoms with E-state index in [1.54, 1.807) is 6.20 Å². The van der Waals surface area contributed by atoms with Gasteiger partial charge in [0.25, 0.3) is 5.91 Å². The number of aromatic nitrogens is 3. The molecule has 8 heteroatoms. The van der Waals surface area contributed by atoms with Crippen molar-refractivity contribution in [2.45, 2.75) is 37.8 Å². The van der Waals surface area contributed by atoms with Crippen LogP contribution in [0, 0.1) is 0 Å². The molecule has 2 aliphatic heterocycles. The first kappa shape index (κ1) is 18.7. The Morgan fingerprint density at radius 3 is 2.88 bits per heavy atom. The molecule has 1 atom stereocenters. The summed E-state index contributed by atoms with van der Waals surface area (Å²) in [5, 5.41) is 14.7. The Balaban J connectivity index is 0.00000196. The molecule has 0 spiro atoms. The van der Waals surface area contributed by atoms with Crippen LogP contribution in [0.15, 0.2) is 30.5 Å². The molecule has 0 radical (unpaired) electrons. The minimum Gasteiger partial charge on any atom is -0.493 e. The van der Waals surface area contributed by atoms with Crippen molar-refractivity contribution in [2.75, 3.05) is 19.7 Å². The standard InChI is InChI=1S/C18H23N5O2.ClH/c24-18(16-12-23(22-21-16)13-7-9-19-10-8-13)20-15-5-3-11-25-17-6-2-1-4-14(15)17;/h1-2,4,6,12-13,15,19H,3,5,7-11H2,(H,20,24);1H. The van der Waals surface area contributed by atoms with Gasteiger partial charge in [-0.1, -0.05) is 23.4 Å². The van der Waals surface area contributed by atoms with Crippen LogP contribution in [0.25, 0.3) is 0 Å². The van der Waals surface area contributed by atoms with Crippen molar-refractivity contribution in [3.05, 3.63) is 41.7 Å². The van der Waals surface area contributed by atoms with Gasteiger partial charge in [0.15, 0.2) is 5.69 Å². The molecule has 0 saturated carbocycles. The molecule has 3 heterocycles. The lowest BCUT2D eigenvalue weighted by Crippen LogP contribution is -2.30. The first-order chi connectivity index (χ1) is 12.3. The summed E-state index contributed by atoms with van der Waals surface area (Å²) in [6.07, 6.45) is 5.55. The maximum atomic E-state index is 12.7. The molecular weight excluding hydrogens is 354 g/mol. The molecule has 1 aromatic heterocycles. The largest absolute Gasteiger partial charge is 0.493 e. The van der Waals surface area contributed by atoms with Gasteiger partial charge < -0.3 is 15.4 Å². The van der Waals surface area contributed by atoms with E-state index in [0.29, 0.717) is 18.3 Å². The van der Waals surface area contributed by atoms with E-state index in [4.69, 9.17) is 4.74 Å². The SMILES string of the molecule is Cl.O=C(NC1CCCOc2ccccc21)c1cn(C2CCNCC2)nn1. The van der Waals surface area contributed by atoms with E-state index in [0.717, 1.165) is 50.1 Å². The van der Waals surface area contributed by atoms with Crippen LogP contribution in [0.5, 0.6) is 5.75 Å². The van der Waals surface area contributed by atoms with Gasteiger partial charge >= 0.3 is 0 Å². The average Bonchev–Trinajstić information content (AvgIpc) is 3.07. The second kappa shape index (κ2) is 8.51. The Bertz CT molecular complexity index is 745. The monoisotopic (exact) mass is 377 g/mol. The molecule has 0 bridgehead atoms. The van der Waals surface area contributed by atoms with Gasteiger partial charge in [-0.25, -0.2) is 4.68 Å². The molecule has 0 aliphatic carbocycles. The lowest BCUT2D eigenvalue weighted by atomic mass is 10.0. The van der Waals surface area contributed by atoms with Crippen LogP contribution in [0.4, 0.5) is 0 Å². The van der Waals surface area contributed by atoms with Gasteiger partial charge in [-0.15, -0.1) is 17.5 Å². The third-order valence-electron chi connectivity index (χ3n) is 4.92. The predicted octanol–water partition coefficient (Wildman–Crippen LogP) is 2.27. The number of hydrogen-bond acceptors (Lipinski definition) is 5. The van der Waals surface area contributed by atoms with Crippen LogP contribution >= 0.6 is 12.4 Å². The van der Waals surface area contributed by atoms with Crippen molar-refractivity contribution < 1.29 is 9.53 Å². The molecule has 2 aromatic rings. The van der Waals surface area contributed by atoms with Crippen LogP contribution in [-0.4, -0.2) is 40.6 Å².